The van der Waals surface area contributed by atoms with Crippen LogP contribution in [0.3, 0.4) is 0 Å². The first kappa shape index (κ1) is 22.7. The average molecular weight is 485 g/mol. The second kappa shape index (κ2) is 8.93. The van der Waals surface area contributed by atoms with Gasteiger partial charge in [0.25, 0.3) is 18.3 Å². The molecular weight excluding hydrogens is 466 g/mol. The second-order valence-corrected chi connectivity index (χ2v) is 8.06. The average Bonchev–Trinajstić information content (AvgIpc) is 3.33. The molecule has 4 aromatic heterocycles. The number of nitrogens with one attached hydrogen (secondary N) is 1. The van der Waals surface area contributed by atoms with E-state index in [9.17, 15) is 22.4 Å². The van der Waals surface area contributed by atoms with Crippen LogP contribution in [0.1, 0.15) is 35.3 Å². The Morgan fingerprint density at radius 3 is 2.63 bits per heavy atom. The number of hydrogen-bond acceptors (Lipinski definition) is 6. The number of fused-ring (bicyclic) bond motifs is 1. The van der Waals surface area contributed by atoms with E-state index in [1.807, 2.05) is 0 Å². The fraction of sp³-hybridized carbons (Fsp3) is 0.261. The van der Waals surface area contributed by atoms with Crippen LogP contribution in [-0.2, 0) is 0 Å². The van der Waals surface area contributed by atoms with Crippen molar-refractivity contribution in [3.63, 3.8) is 0 Å². The van der Waals surface area contributed by atoms with Crippen molar-refractivity contribution in [1.82, 2.24) is 29.5 Å². The number of hydrogen-bond donors (Lipinski definition) is 1. The highest BCUT2D eigenvalue weighted by atomic mass is 19.3. The molecule has 0 spiro atoms. The molecule has 8 nitrogen and oxygen atoms in total. The van der Waals surface area contributed by atoms with Crippen LogP contribution in [0.2, 0.25) is 0 Å². The quantitative estimate of drug-likeness (QED) is 0.411. The molecule has 180 valence electrons. The topological polar surface area (TPSA) is 88.3 Å². The molecule has 0 saturated carbocycles. The number of likely N-dealkylation sites (tertiary alicyclic amines) is 1. The minimum Gasteiger partial charge on any atom is -0.338 e. The maximum Gasteiger partial charge on any atom is 0.280 e. The summed E-state index contributed by atoms with van der Waals surface area (Å²) in [5, 5.41) is 7.45. The van der Waals surface area contributed by atoms with Gasteiger partial charge in [0, 0.05) is 44.5 Å². The highest BCUT2D eigenvalue weighted by molar-refractivity contribution is 6.00. The summed E-state index contributed by atoms with van der Waals surface area (Å²) in [5.41, 5.74) is 0.875. The van der Waals surface area contributed by atoms with Gasteiger partial charge in [0.1, 0.15) is 16.9 Å². The summed E-state index contributed by atoms with van der Waals surface area (Å²) in [6.45, 7) is -0.125. The van der Waals surface area contributed by atoms with Crippen LogP contribution in [0.4, 0.5) is 29.1 Å². The van der Waals surface area contributed by atoms with E-state index in [0.717, 1.165) is 0 Å². The third-order valence-corrected chi connectivity index (χ3v) is 5.70. The van der Waals surface area contributed by atoms with Gasteiger partial charge in [-0.25, -0.2) is 32.0 Å². The van der Waals surface area contributed by atoms with E-state index < -0.39 is 36.8 Å². The Kier molecular flexibility index (Phi) is 5.79. The zero-order valence-electron chi connectivity index (χ0n) is 18.2. The molecule has 1 saturated heterocycles. The van der Waals surface area contributed by atoms with Crippen LogP contribution in [0.25, 0.3) is 17.0 Å². The molecule has 0 aliphatic carbocycles. The second-order valence-electron chi connectivity index (χ2n) is 8.06. The first-order valence-electron chi connectivity index (χ1n) is 10.8. The highest BCUT2D eigenvalue weighted by Gasteiger charge is 2.36. The maximum absolute atomic E-state index is 13.5. The number of pyridine rings is 2. The van der Waals surface area contributed by atoms with E-state index in [2.05, 4.69) is 25.4 Å². The van der Waals surface area contributed by atoms with E-state index in [4.69, 9.17) is 0 Å². The minimum absolute atomic E-state index is 0.0626. The van der Waals surface area contributed by atoms with Crippen molar-refractivity contribution < 1.29 is 22.4 Å². The van der Waals surface area contributed by atoms with Crippen molar-refractivity contribution in [3.8, 4) is 11.5 Å². The van der Waals surface area contributed by atoms with Gasteiger partial charge in [-0.05, 0) is 30.3 Å². The number of aromatic nitrogens is 5. The van der Waals surface area contributed by atoms with Crippen molar-refractivity contribution in [1.29, 1.82) is 0 Å². The molecule has 0 unspecified atom stereocenters. The molecule has 1 aliphatic rings. The van der Waals surface area contributed by atoms with Gasteiger partial charge in [-0.15, -0.1) is 5.10 Å². The molecule has 35 heavy (non-hydrogen) atoms. The van der Waals surface area contributed by atoms with Crippen molar-refractivity contribution in [2.24, 2.45) is 0 Å². The van der Waals surface area contributed by atoms with E-state index in [1.165, 1.54) is 40.0 Å². The molecule has 0 radical (unpaired) electrons. The number of rotatable bonds is 5. The zero-order valence-corrected chi connectivity index (χ0v) is 18.2. The summed E-state index contributed by atoms with van der Waals surface area (Å²) in [5.74, 6) is -2.81. The lowest BCUT2D eigenvalue weighted by Crippen LogP contribution is -2.42. The Morgan fingerprint density at radius 2 is 1.86 bits per heavy atom. The van der Waals surface area contributed by atoms with Crippen LogP contribution in [-0.4, -0.2) is 54.4 Å². The molecule has 5 heterocycles. The summed E-state index contributed by atoms with van der Waals surface area (Å²) >= 11 is 0. The lowest BCUT2D eigenvalue weighted by atomic mass is 10.1. The summed E-state index contributed by atoms with van der Waals surface area (Å²) < 4.78 is 54.9. The van der Waals surface area contributed by atoms with Gasteiger partial charge in [0.05, 0.1) is 11.3 Å². The molecule has 1 fully saturated rings. The van der Waals surface area contributed by atoms with Crippen molar-refractivity contribution >= 4 is 22.9 Å². The number of piperidine rings is 1. The number of anilines is 2. The van der Waals surface area contributed by atoms with Gasteiger partial charge in [-0.1, -0.05) is 6.07 Å². The largest absolute Gasteiger partial charge is 0.338 e. The third kappa shape index (κ3) is 4.63. The lowest BCUT2D eigenvalue weighted by molar-refractivity contribution is -0.0494. The van der Waals surface area contributed by atoms with Gasteiger partial charge in [0.2, 0.25) is 5.82 Å². The van der Waals surface area contributed by atoms with Gasteiger partial charge in [0.15, 0.2) is 5.82 Å². The number of carbonyl (C=O) groups is 1. The smallest absolute Gasteiger partial charge is 0.280 e. The van der Waals surface area contributed by atoms with Crippen LogP contribution in [0.15, 0.2) is 55.0 Å². The van der Waals surface area contributed by atoms with Crippen LogP contribution in [0.5, 0.6) is 0 Å². The number of nitrogens with zero attached hydrogens (tertiary/aromatic N) is 6. The Balaban J connectivity index is 1.50. The molecule has 1 N–H and O–H groups in total. The molecule has 4 aromatic rings. The fourth-order valence-corrected chi connectivity index (χ4v) is 3.84. The SMILES string of the molecule is O=C(c1cnccc1Nc1nc(-c2cccc(C(F)F)n2)nn2cccc12)N1CCC(F)(F)CC1. The predicted octanol–water partition coefficient (Wildman–Crippen LogP) is 4.74. The van der Waals surface area contributed by atoms with Gasteiger partial charge in [-0.3, -0.25) is 9.78 Å². The van der Waals surface area contributed by atoms with Crippen molar-refractivity contribution in [2.75, 3.05) is 18.4 Å². The van der Waals surface area contributed by atoms with E-state index in [1.54, 1.807) is 24.4 Å². The van der Waals surface area contributed by atoms with Gasteiger partial charge < -0.3 is 10.2 Å². The van der Waals surface area contributed by atoms with E-state index >= 15 is 0 Å². The number of carbonyl (C=O) groups excluding carboxylic acids is 1. The summed E-state index contributed by atoms with van der Waals surface area (Å²) in [4.78, 5) is 26.9. The molecule has 1 amide bonds. The monoisotopic (exact) mass is 485 g/mol. The number of alkyl halides is 4. The normalized spacial score (nSPS) is 15.5. The maximum atomic E-state index is 13.5. The Labute approximate surface area is 196 Å². The fourth-order valence-electron chi connectivity index (χ4n) is 3.84. The van der Waals surface area contributed by atoms with Crippen LogP contribution in [0, 0.1) is 0 Å². The minimum atomic E-state index is -2.78. The first-order valence-corrected chi connectivity index (χ1v) is 10.8. The summed E-state index contributed by atoms with van der Waals surface area (Å²) in [6, 6.07) is 9.23. The Morgan fingerprint density at radius 1 is 1.06 bits per heavy atom. The molecule has 12 heteroatoms. The van der Waals surface area contributed by atoms with Crippen LogP contribution >= 0.6 is 0 Å². The van der Waals surface area contributed by atoms with Crippen LogP contribution < -0.4 is 5.32 Å². The van der Waals surface area contributed by atoms with E-state index in [0.29, 0.717) is 17.0 Å². The molecular formula is C23H19F4N7O. The van der Waals surface area contributed by atoms with Gasteiger partial charge >= 0.3 is 0 Å². The lowest BCUT2D eigenvalue weighted by Gasteiger charge is -2.32. The predicted molar refractivity (Wildman–Crippen MR) is 119 cm³/mol. The van der Waals surface area contributed by atoms with Gasteiger partial charge in [-0.2, -0.15) is 0 Å². The zero-order chi connectivity index (χ0) is 24.6. The Bertz CT molecular complexity index is 1380. The first-order chi connectivity index (χ1) is 16.8. The molecule has 5 rings (SSSR count). The summed E-state index contributed by atoms with van der Waals surface area (Å²) in [7, 11) is 0. The molecule has 0 bridgehead atoms. The molecule has 1 aliphatic heterocycles. The number of amides is 1. The third-order valence-electron chi connectivity index (χ3n) is 5.70. The standard InChI is InChI=1S/C23H19F4N7O/c24-19(25)16-3-1-4-17(29-16)20-31-21(18-5-2-10-34(18)32-20)30-15-6-9-28-13-14(15)22(35)33-11-7-23(26,27)8-12-33/h1-6,9-10,13,19H,7-8,11-12H2,(H,28,30,31,32). The Hall–Kier alpha value is -4.09. The summed E-state index contributed by atoms with van der Waals surface area (Å²) in [6.07, 6.45) is 0.966. The molecule has 0 aromatic carbocycles. The highest BCUT2D eigenvalue weighted by Crippen LogP contribution is 2.30. The molecule has 0 atom stereocenters. The van der Waals surface area contributed by atoms with Crippen molar-refractivity contribution in [3.05, 3.63) is 66.2 Å². The van der Waals surface area contributed by atoms with Crippen molar-refractivity contribution in [2.45, 2.75) is 25.2 Å². The number of halogens is 4. The van der Waals surface area contributed by atoms with E-state index in [-0.39, 0.29) is 30.2 Å².